The van der Waals surface area contributed by atoms with Gasteiger partial charge in [0.2, 0.25) is 0 Å². The molecule has 0 saturated heterocycles. The normalized spacial score (nSPS) is 10.8. The number of benzene rings is 2. The minimum Gasteiger partial charge on any atom is -0.372 e. The Balaban J connectivity index is 0.00000512. The Morgan fingerprint density at radius 3 is 2.50 bits per heavy atom. The number of anilines is 1. The summed E-state index contributed by atoms with van der Waals surface area (Å²) in [6.07, 6.45) is 1.60. The molecular weight excluding hydrogens is 520 g/mol. The van der Waals surface area contributed by atoms with Gasteiger partial charge in [-0.05, 0) is 49.6 Å². The number of halogens is 2. The van der Waals surface area contributed by atoms with Crippen LogP contribution < -0.4 is 15.5 Å². The van der Waals surface area contributed by atoms with Crippen molar-refractivity contribution in [2.24, 2.45) is 4.99 Å². The van der Waals surface area contributed by atoms with Crippen LogP contribution in [-0.4, -0.2) is 64.1 Å². The number of nitrogens with zero attached hydrogens (tertiary/aromatic N) is 3. The molecule has 2 N–H and O–H groups in total. The molecule has 0 radical (unpaired) electrons. The molecule has 0 aliphatic carbocycles. The largest absolute Gasteiger partial charge is 0.372 e. The number of aliphatic imine (C=N–C) groups is 1. The number of nitrogens with one attached hydrogen (secondary N) is 2. The number of carbonyl (C=O) groups is 1. The standard InChI is InChI=1S/C24H34FN5O.HI/c1-5-26-24(27-15-9-17-30(4)22-13-7-6-12-21(22)25)28-16-14-19-10-8-11-20(18-19)23(31)29(2)3;/h6-8,10-13,18H,5,9,14-17H2,1-4H3,(H2,26,27,28);1H. The summed E-state index contributed by atoms with van der Waals surface area (Å²) in [5.74, 6) is 0.557. The van der Waals surface area contributed by atoms with E-state index >= 15 is 0 Å². The van der Waals surface area contributed by atoms with E-state index < -0.39 is 0 Å². The zero-order valence-corrected chi connectivity index (χ0v) is 21.7. The summed E-state index contributed by atoms with van der Waals surface area (Å²) in [5.41, 5.74) is 2.40. The third kappa shape index (κ3) is 9.02. The van der Waals surface area contributed by atoms with Crippen LogP contribution in [0.1, 0.15) is 29.3 Å². The summed E-state index contributed by atoms with van der Waals surface area (Å²) in [6.45, 7) is 4.87. The predicted octanol–water partition coefficient (Wildman–Crippen LogP) is 3.77. The zero-order valence-electron chi connectivity index (χ0n) is 19.4. The van der Waals surface area contributed by atoms with Gasteiger partial charge in [0, 0.05) is 52.9 Å². The van der Waals surface area contributed by atoms with Crippen molar-refractivity contribution in [1.82, 2.24) is 15.5 Å². The molecule has 32 heavy (non-hydrogen) atoms. The van der Waals surface area contributed by atoms with Gasteiger partial charge in [-0.1, -0.05) is 24.3 Å². The lowest BCUT2D eigenvalue weighted by atomic mass is 10.1. The van der Waals surface area contributed by atoms with E-state index in [9.17, 15) is 9.18 Å². The molecule has 8 heteroatoms. The Bertz CT molecular complexity index is 875. The summed E-state index contributed by atoms with van der Waals surface area (Å²) in [4.78, 5) is 20.2. The summed E-state index contributed by atoms with van der Waals surface area (Å²) >= 11 is 0. The number of guanidine groups is 1. The number of rotatable bonds is 10. The molecule has 2 aromatic rings. The smallest absolute Gasteiger partial charge is 0.253 e. The monoisotopic (exact) mass is 555 g/mol. The first-order chi connectivity index (χ1) is 14.9. The van der Waals surface area contributed by atoms with Crippen molar-refractivity contribution in [3.63, 3.8) is 0 Å². The second kappa shape index (κ2) is 14.7. The number of hydrogen-bond donors (Lipinski definition) is 2. The fraction of sp³-hybridized carbons (Fsp3) is 0.417. The van der Waals surface area contributed by atoms with Crippen LogP contribution in [-0.2, 0) is 6.42 Å². The molecule has 6 nitrogen and oxygen atoms in total. The fourth-order valence-corrected chi connectivity index (χ4v) is 3.17. The molecule has 0 unspecified atom stereocenters. The van der Waals surface area contributed by atoms with E-state index in [1.54, 1.807) is 31.1 Å². The van der Waals surface area contributed by atoms with Crippen LogP contribution in [0.5, 0.6) is 0 Å². The highest BCUT2D eigenvalue weighted by Crippen LogP contribution is 2.16. The average Bonchev–Trinajstić information content (AvgIpc) is 2.76. The van der Waals surface area contributed by atoms with Crippen LogP contribution in [0.2, 0.25) is 0 Å². The highest BCUT2D eigenvalue weighted by atomic mass is 127. The van der Waals surface area contributed by atoms with E-state index in [1.807, 2.05) is 49.2 Å². The number of hydrogen-bond acceptors (Lipinski definition) is 3. The molecule has 0 aliphatic rings. The summed E-state index contributed by atoms with van der Waals surface area (Å²) in [5, 5.41) is 6.59. The van der Waals surface area contributed by atoms with Gasteiger partial charge in [-0.2, -0.15) is 0 Å². The quantitative estimate of drug-likeness (QED) is 0.203. The van der Waals surface area contributed by atoms with Crippen LogP contribution >= 0.6 is 24.0 Å². The van der Waals surface area contributed by atoms with Crippen molar-refractivity contribution in [2.75, 3.05) is 52.2 Å². The highest BCUT2D eigenvalue weighted by molar-refractivity contribution is 14.0. The van der Waals surface area contributed by atoms with E-state index in [0.717, 1.165) is 37.5 Å². The topological polar surface area (TPSA) is 60.0 Å². The molecule has 0 spiro atoms. The SMILES string of the molecule is CCNC(=NCCCN(C)c1ccccc1F)NCCc1cccc(C(=O)N(C)C)c1.I. The molecule has 0 heterocycles. The van der Waals surface area contributed by atoms with Gasteiger partial charge < -0.3 is 20.4 Å². The average molecular weight is 555 g/mol. The lowest BCUT2D eigenvalue weighted by Gasteiger charge is -2.19. The van der Waals surface area contributed by atoms with Crippen LogP contribution in [0.25, 0.3) is 0 Å². The van der Waals surface area contributed by atoms with Crippen molar-refractivity contribution in [3.8, 4) is 0 Å². The maximum absolute atomic E-state index is 13.9. The second-order valence-corrected chi connectivity index (χ2v) is 7.56. The van der Waals surface area contributed by atoms with Crippen LogP contribution in [0.4, 0.5) is 10.1 Å². The number of para-hydroxylation sites is 1. The predicted molar refractivity (Wildman–Crippen MR) is 142 cm³/mol. The minimum atomic E-state index is -0.208. The maximum atomic E-state index is 13.9. The van der Waals surface area contributed by atoms with Gasteiger partial charge in [-0.3, -0.25) is 9.79 Å². The second-order valence-electron chi connectivity index (χ2n) is 7.56. The Morgan fingerprint density at radius 2 is 1.81 bits per heavy atom. The van der Waals surface area contributed by atoms with Crippen LogP contribution in [0.3, 0.4) is 0 Å². The summed E-state index contributed by atoms with van der Waals surface area (Å²) in [6, 6.07) is 14.5. The highest BCUT2D eigenvalue weighted by Gasteiger charge is 2.08. The fourth-order valence-electron chi connectivity index (χ4n) is 3.17. The van der Waals surface area contributed by atoms with E-state index in [1.165, 1.54) is 6.07 Å². The summed E-state index contributed by atoms with van der Waals surface area (Å²) in [7, 11) is 5.40. The van der Waals surface area contributed by atoms with Crippen molar-refractivity contribution in [1.29, 1.82) is 0 Å². The molecule has 1 amide bonds. The molecule has 0 aliphatic heterocycles. The maximum Gasteiger partial charge on any atom is 0.253 e. The molecule has 0 saturated carbocycles. The van der Waals surface area contributed by atoms with Crippen LogP contribution in [0, 0.1) is 5.82 Å². The van der Waals surface area contributed by atoms with Gasteiger partial charge in [-0.15, -0.1) is 24.0 Å². The molecule has 2 aromatic carbocycles. The lowest BCUT2D eigenvalue weighted by Crippen LogP contribution is -2.38. The van der Waals surface area contributed by atoms with Crippen molar-refractivity contribution in [3.05, 3.63) is 65.5 Å². The Morgan fingerprint density at radius 1 is 1.06 bits per heavy atom. The van der Waals surface area contributed by atoms with E-state index in [2.05, 4.69) is 15.6 Å². The van der Waals surface area contributed by atoms with Crippen molar-refractivity contribution >= 4 is 41.5 Å². The van der Waals surface area contributed by atoms with Gasteiger partial charge in [0.15, 0.2) is 5.96 Å². The van der Waals surface area contributed by atoms with Gasteiger partial charge in [0.25, 0.3) is 5.91 Å². The van der Waals surface area contributed by atoms with Crippen LogP contribution in [0.15, 0.2) is 53.5 Å². The lowest BCUT2D eigenvalue weighted by molar-refractivity contribution is 0.0827. The molecule has 2 rings (SSSR count). The number of carbonyl (C=O) groups excluding carboxylic acids is 1. The molecule has 0 atom stereocenters. The van der Waals surface area contributed by atoms with Crippen molar-refractivity contribution in [2.45, 2.75) is 19.8 Å². The molecule has 176 valence electrons. The summed E-state index contributed by atoms with van der Waals surface area (Å²) < 4.78 is 13.9. The molecule has 0 aromatic heterocycles. The third-order valence-corrected chi connectivity index (χ3v) is 4.82. The molecule has 0 bridgehead atoms. The Kier molecular flexibility index (Phi) is 12.7. The zero-order chi connectivity index (χ0) is 22.6. The molecule has 0 fully saturated rings. The first-order valence-electron chi connectivity index (χ1n) is 10.7. The van der Waals surface area contributed by atoms with Gasteiger partial charge in [0.05, 0.1) is 5.69 Å². The van der Waals surface area contributed by atoms with Gasteiger partial charge >= 0.3 is 0 Å². The third-order valence-electron chi connectivity index (χ3n) is 4.82. The molecular formula is C24H35FIN5O. The minimum absolute atomic E-state index is 0. The Hall–Kier alpha value is -2.36. The number of amides is 1. The first-order valence-corrected chi connectivity index (χ1v) is 10.7. The van der Waals surface area contributed by atoms with Gasteiger partial charge in [0.1, 0.15) is 5.82 Å². The first kappa shape index (κ1) is 27.7. The van der Waals surface area contributed by atoms with E-state index in [-0.39, 0.29) is 35.7 Å². The Labute approximate surface area is 208 Å². The van der Waals surface area contributed by atoms with Gasteiger partial charge in [-0.25, -0.2) is 4.39 Å². The van der Waals surface area contributed by atoms with Crippen molar-refractivity contribution < 1.29 is 9.18 Å². The van der Waals surface area contributed by atoms with E-state index in [4.69, 9.17) is 0 Å². The van der Waals surface area contributed by atoms with E-state index in [0.29, 0.717) is 24.3 Å².